The van der Waals surface area contributed by atoms with E-state index in [2.05, 4.69) is 13.8 Å². The van der Waals surface area contributed by atoms with Crippen molar-refractivity contribution in [2.24, 2.45) is 5.41 Å². The molecule has 1 aromatic rings. The molecule has 2 heteroatoms. The Hall–Kier alpha value is -0.530. The van der Waals surface area contributed by atoms with Gasteiger partial charge in [-0.15, -0.1) is 0 Å². The minimum Gasteiger partial charge on any atom is -0.385 e. The molecule has 1 saturated carbocycles. The molecule has 94 valence electrons. The first-order valence-electron chi connectivity index (χ1n) is 6.40. The third-order valence-corrected chi connectivity index (χ3v) is 4.26. The van der Waals surface area contributed by atoms with E-state index in [1.807, 2.05) is 24.3 Å². The Morgan fingerprint density at radius 2 is 1.88 bits per heavy atom. The van der Waals surface area contributed by atoms with E-state index in [1.165, 1.54) is 6.42 Å². The third kappa shape index (κ3) is 3.02. The molecule has 0 radical (unpaired) electrons. The average Bonchev–Trinajstić information content (AvgIpc) is 2.39. The van der Waals surface area contributed by atoms with Gasteiger partial charge in [0, 0.05) is 5.02 Å². The molecule has 17 heavy (non-hydrogen) atoms. The Bertz CT molecular complexity index is 400. The summed E-state index contributed by atoms with van der Waals surface area (Å²) in [6, 6.07) is 7.67. The minimum atomic E-state index is -0.682. The molecule has 0 aromatic heterocycles. The van der Waals surface area contributed by atoms with Gasteiger partial charge in [-0.2, -0.15) is 0 Å². The second-order valence-electron chi connectivity index (χ2n) is 6.06. The largest absolute Gasteiger partial charge is 0.385 e. The summed E-state index contributed by atoms with van der Waals surface area (Å²) >= 11 is 6.01. The molecular weight excluding hydrogens is 232 g/mol. The quantitative estimate of drug-likeness (QED) is 0.729. The van der Waals surface area contributed by atoms with Crippen LogP contribution in [-0.4, -0.2) is 5.11 Å². The summed E-state index contributed by atoms with van der Waals surface area (Å²) in [6.07, 6.45) is 5.01. The average molecular weight is 253 g/mol. The summed E-state index contributed by atoms with van der Waals surface area (Å²) in [5.74, 6) is 0. The molecule has 1 nitrogen and oxygen atoms in total. The Balaban J connectivity index is 2.24. The van der Waals surface area contributed by atoms with Crippen molar-refractivity contribution >= 4 is 11.6 Å². The van der Waals surface area contributed by atoms with Crippen LogP contribution in [0.25, 0.3) is 0 Å². The summed E-state index contributed by atoms with van der Waals surface area (Å²) in [4.78, 5) is 0. The Labute approximate surface area is 109 Å². The van der Waals surface area contributed by atoms with Crippen molar-refractivity contribution in [1.29, 1.82) is 0 Å². The first kappa shape index (κ1) is 12.9. The van der Waals surface area contributed by atoms with E-state index >= 15 is 0 Å². The first-order valence-corrected chi connectivity index (χ1v) is 6.78. The molecule has 1 aliphatic carbocycles. The molecule has 1 aromatic carbocycles. The van der Waals surface area contributed by atoms with E-state index < -0.39 is 5.60 Å². The van der Waals surface area contributed by atoms with E-state index in [1.54, 1.807) is 0 Å². The van der Waals surface area contributed by atoms with Crippen LogP contribution in [0.3, 0.4) is 0 Å². The van der Waals surface area contributed by atoms with Crippen molar-refractivity contribution in [1.82, 2.24) is 0 Å². The van der Waals surface area contributed by atoms with Gasteiger partial charge >= 0.3 is 0 Å². The smallest absolute Gasteiger partial charge is 0.0897 e. The third-order valence-electron chi connectivity index (χ3n) is 4.02. The summed E-state index contributed by atoms with van der Waals surface area (Å²) in [5, 5.41) is 11.5. The summed E-state index contributed by atoms with van der Waals surface area (Å²) in [6.45, 7) is 4.58. The van der Waals surface area contributed by atoms with Gasteiger partial charge in [-0.3, -0.25) is 0 Å². The highest BCUT2D eigenvalue weighted by molar-refractivity contribution is 6.30. The van der Waals surface area contributed by atoms with Crippen LogP contribution in [0.5, 0.6) is 0 Å². The maximum Gasteiger partial charge on any atom is 0.0897 e. The molecule has 0 saturated heterocycles. The summed E-state index contributed by atoms with van der Waals surface area (Å²) in [7, 11) is 0. The number of aliphatic hydroxyl groups is 1. The van der Waals surface area contributed by atoms with E-state index in [4.69, 9.17) is 11.6 Å². The van der Waals surface area contributed by atoms with Gasteiger partial charge < -0.3 is 5.11 Å². The fraction of sp³-hybridized carbons (Fsp3) is 0.600. The fourth-order valence-corrected chi connectivity index (χ4v) is 2.91. The number of benzene rings is 1. The lowest BCUT2D eigenvalue weighted by Crippen LogP contribution is -2.25. The van der Waals surface area contributed by atoms with Crippen molar-refractivity contribution in [3.8, 4) is 0 Å². The van der Waals surface area contributed by atoms with Gasteiger partial charge in [0.1, 0.15) is 0 Å². The van der Waals surface area contributed by atoms with Crippen LogP contribution >= 0.6 is 11.6 Å². The Kier molecular flexibility index (Phi) is 3.51. The van der Waals surface area contributed by atoms with Gasteiger partial charge in [0.2, 0.25) is 0 Å². The second kappa shape index (κ2) is 4.62. The van der Waals surface area contributed by atoms with Crippen LogP contribution in [-0.2, 0) is 5.60 Å². The lowest BCUT2D eigenvalue weighted by molar-refractivity contribution is 0.0180. The fourth-order valence-electron chi connectivity index (χ4n) is 2.72. The van der Waals surface area contributed by atoms with Crippen molar-refractivity contribution in [3.63, 3.8) is 0 Å². The molecule has 0 heterocycles. The first-order chi connectivity index (χ1) is 7.91. The maximum absolute atomic E-state index is 10.8. The van der Waals surface area contributed by atoms with E-state index in [0.717, 1.165) is 31.2 Å². The van der Waals surface area contributed by atoms with E-state index in [0.29, 0.717) is 10.4 Å². The minimum absolute atomic E-state index is 0.350. The highest BCUT2D eigenvalue weighted by Crippen LogP contribution is 2.43. The van der Waals surface area contributed by atoms with Gasteiger partial charge in [0.25, 0.3) is 0 Å². The van der Waals surface area contributed by atoms with Crippen LogP contribution in [0.15, 0.2) is 24.3 Å². The highest BCUT2D eigenvalue weighted by Gasteiger charge is 2.35. The van der Waals surface area contributed by atoms with Gasteiger partial charge in [-0.1, -0.05) is 37.6 Å². The monoisotopic (exact) mass is 252 g/mol. The van der Waals surface area contributed by atoms with Crippen LogP contribution in [0, 0.1) is 5.41 Å². The number of halogens is 1. The molecule has 2 rings (SSSR count). The molecule has 1 N–H and O–H groups in total. The topological polar surface area (TPSA) is 20.2 Å². The normalized spacial score (nSPS) is 28.7. The zero-order chi connectivity index (χ0) is 12.5. The zero-order valence-corrected chi connectivity index (χ0v) is 11.4. The van der Waals surface area contributed by atoms with Crippen LogP contribution in [0.2, 0.25) is 5.02 Å². The van der Waals surface area contributed by atoms with Gasteiger partial charge in [0.05, 0.1) is 5.60 Å². The number of hydrogen-bond donors (Lipinski definition) is 1. The van der Waals surface area contributed by atoms with Crippen molar-refractivity contribution in [3.05, 3.63) is 34.9 Å². The molecule has 1 unspecified atom stereocenters. The molecular formula is C15H21ClO. The molecule has 1 aliphatic rings. The SMILES string of the molecule is CC1(C)CCCC(O)(c2cccc(Cl)c2)CC1. The Morgan fingerprint density at radius 3 is 2.59 bits per heavy atom. The zero-order valence-electron chi connectivity index (χ0n) is 10.7. The van der Waals surface area contributed by atoms with Crippen molar-refractivity contribution in [2.45, 2.75) is 51.6 Å². The predicted octanol–water partition coefficient (Wildman–Crippen LogP) is 4.52. The van der Waals surface area contributed by atoms with Gasteiger partial charge in [0.15, 0.2) is 0 Å². The molecule has 1 atom stereocenters. The predicted molar refractivity (Wildman–Crippen MR) is 72.2 cm³/mol. The standard InChI is InChI=1S/C15H21ClO/c1-14(2)7-4-8-15(17,10-9-14)12-5-3-6-13(16)11-12/h3,5-6,11,17H,4,7-10H2,1-2H3. The lowest BCUT2D eigenvalue weighted by Gasteiger charge is -2.28. The molecule has 0 spiro atoms. The summed E-state index contributed by atoms with van der Waals surface area (Å²) < 4.78 is 0. The van der Waals surface area contributed by atoms with Crippen LogP contribution in [0.1, 0.15) is 51.5 Å². The van der Waals surface area contributed by atoms with Crippen molar-refractivity contribution < 1.29 is 5.11 Å². The van der Waals surface area contributed by atoms with Crippen molar-refractivity contribution in [2.75, 3.05) is 0 Å². The maximum atomic E-state index is 10.8. The van der Waals surface area contributed by atoms with Gasteiger partial charge in [-0.25, -0.2) is 0 Å². The van der Waals surface area contributed by atoms with E-state index in [-0.39, 0.29) is 0 Å². The molecule has 0 bridgehead atoms. The van der Waals surface area contributed by atoms with E-state index in [9.17, 15) is 5.11 Å². The highest BCUT2D eigenvalue weighted by atomic mass is 35.5. The van der Waals surface area contributed by atoms with Crippen LogP contribution < -0.4 is 0 Å². The molecule has 1 fully saturated rings. The van der Waals surface area contributed by atoms with Crippen LogP contribution in [0.4, 0.5) is 0 Å². The molecule has 0 amide bonds. The van der Waals surface area contributed by atoms with Gasteiger partial charge in [-0.05, 0) is 55.2 Å². The molecule has 0 aliphatic heterocycles. The Morgan fingerprint density at radius 1 is 1.12 bits per heavy atom. The lowest BCUT2D eigenvalue weighted by atomic mass is 9.82. The number of hydrogen-bond acceptors (Lipinski definition) is 1. The summed E-state index contributed by atoms with van der Waals surface area (Å²) in [5.41, 5.74) is 0.643. The second-order valence-corrected chi connectivity index (χ2v) is 6.50. The number of rotatable bonds is 1.